The van der Waals surface area contributed by atoms with Crippen LogP contribution in [0, 0.1) is 5.92 Å². The van der Waals surface area contributed by atoms with Crippen LogP contribution < -0.4 is 10.6 Å². The van der Waals surface area contributed by atoms with Gasteiger partial charge in [-0.2, -0.15) is 5.10 Å². The van der Waals surface area contributed by atoms with E-state index in [0.29, 0.717) is 12.5 Å². The highest BCUT2D eigenvalue weighted by Crippen LogP contribution is 2.07. The van der Waals surface area contributed by atoms with Gasteiger partial charge in [-0.05, 0) is 32.8 Å². The SMILES string of the molecule is CCNC(=NCC(C)(C)OC)NCC(C)Cn1cccn1. The first-order valence-corrected chi connectivity index (χ1v) is 7.51. The van der Waals surface area contributed by atoms with Crippen molar-refractivity contribution in [3.05, 3.63) is 18.5 Å². The summed E-state index contributed by atoms with van der Waals surface area (Å²) in [6.07, 6.45) is 3.79. The highest BCUT2D eigenvalue weighted by Gasteiger charge is 2.15. The topological polar surface area (TPSA) is 63.5 Å². The molecule has 0 saturated carbocycles. The van der Waals surface area contributed by atoms with Gasteiger partial charge in [0.1, 0.15) is 0 Å². The van der Waals surface area contributed by atoms with Crippen molar-refractivity contribution in [1.29, 1.82) is 0 Å². The Morgan fingerprint density at radius 3 is 2.76 bits per heavy atom. The van der Waals surface area contributed by atoms with E-state index in [4.69, 9.17) is 4.74 Å². The number of hydrogen-bond acceptors (Lipinski definition) is 3. The lowest BCUT2D eigenvalue weighted by molar-refractivity contribution is 0.0310. The van der Waals surface area contributed by atoms with Crippen LogP contribution in [0.15, 0.2) is 23.5 Å². The van der Waals surface area contributed by atoms with Gasteiger partial charge in [-0.1, -0.05) is 6.92 Å². The molecule has 0 spiro atoms. The molecule has 0 aliphatic rings. The summed E-state index contributed by atoms with van der Waals surface area (Å²) in [4.78, 5) is 4.57. The Labute approximate surface area is 128 Å². The molecule has 0 aromatic carbocycles. The van der Waals surface area contributed by atoms with E-state index in [1.165, 1.54) is 0 Å². The minimum absolute atomic E-state index is 0.247. The van der Waals surface area contributed by atoms with E-state index in [2.05, 4.69) is 34.6 Å². The van der Waals surface area contributed by atoms with E-state index in [-0.39, 0.29) is 5.60 Å². The van der Waals surface area contributed by atoms with E-state index in [1.807, 2.05) is 30.8 Å². The Kier molecular flexibility index (Phi) is 7.22. The first-order valence-electron chi connectivity index (χ1n) is 7.51. The zero-order chi connectivity index (χ0) is 15.7. The van der Waals surface area contributed by atoms with E-state index in [0.717, 1.165) is 25.6 Å². The Morgan fingerprint density at radius 1 is 1.43 bits per heavy atom. The molecule has 120 valence electrons. The first-order chi connectivity index (χ1) is 9.96. The van der Waals surface area contributed by atoms with Crippen LogP contribution in [0.5, 0.6) is 0 Å². The number of nitrogens with one attached hydrogen (secondary N) is 2. The number of nitrogens with zero attached hydrogens (tertiary/aromatic N) is 3. The molecule has 0 saturated heterocycles. The fourth-order valence-corrected chi connectivity index (χ4v) is 1.74. The molecular weight excluding hydrogens is 266 g/mol. The van der Waals surface area contributed by atoms with Crippen LogP contribution in [-0.2, 0) is 11.3 Å². The molecule has 0 aliphatic carbocycles. The van der Waals surface area contributed by atoms with Gasteiger partial charge >= 0.3 is 0 Å². The molecule has 0 aliphatic heterocycles. The predicted octanol–water partition coefficient (Wildman–Crippen LogP) is 1.50. The molecule has 0 radical (unpaired) electrons. The molecule has 6 nitrogen and oxygen atoms in total. The second-order valence-corrected chi connectivity index (χ2v) is 5.87. The van der Waals surface area contributed by atoms with Crippen molar-refractivity contribution in [2.45, 2.75) is 39.8 Å². The van der Waals surface area contributed by atoms with Gasteiger partial charge in [0.15, 0.2) is 5.96 Å². The number of hydrogen-bond donors (Lipinski definition) is 2. The number of guanidine groups is 1. The molecule has 6 heteroatoms. The van der Waals surface area contributed by atoms with Gasteiger partial charge in [0.05, 0.1) is 12.1 Å². The molecule has 2 N–H and O–H groups in total. The van der Waals surface area contributed by atoms with Gasteiger partial charge in [-0.15, -0.1) is 0 Å². The van der Waals surface area contributed by atoms with Crippen molar-refractivity contribution in [2.75, 3.05) is 26.7 Å². The fourth-order valence-electron chi connectivity index (χ4n) is 1.74. The summed E-state index contributed by atoms with van der Waals surface area (Å²) < 4.78 is 7.34. The van der Waals surface area contributed by atoms with Gasteiger partial charge in [-0.25, -0.2) is 0 Å². The lowest BCUT2D eigenvalue weighted by atomic mass is 10.1. The number of methoxy groups -OCH3 is 1. The molecule has 0 bridgehead atoms. The predicted molar refractivity (Wildman–Crippen MR) is 86.5 cm³/mol. The molecule has 1 atom stereocenters. The average molecular weight is 295 g/mol. The van der Waals surface area contributed by atoms with Crippen molar-refractivity contribution >= 4 is 5.96 Å². The van der Waals surface area contributed by atoms with Crippen LogP contribution in [0.4, 0.5) is 0 Å². The maximum absolute atomic E-state index is 5.39. The summed E-state index contributed by atoms with van der Waals surface area (Å²) in [6.45, 7) is 11.5. The Hall–Kier alpha value is -1.56. The Balaban J connectivity index is 2.44. The number of aromatic nitrogens is 2. The summed E-state index contributed by atoms with van der Waals surface area (Å²) in [6, 6.07) is 1.94. The lowest BCUT2D eigenvalue weighted by Crippen LogP contribution is -2.41. The van der Waals surface area contributed by atoms with Gasteiger partial charge in [-0.3, -0.25) is 9.67 Å². The standard InChI is InChI=1S/C15H29N5O/c1-6-16-14(18-12-15(3,4)21-5)17-10-13(2)11-20-9-7-8-19-20/h7-9,13H,6,10-12H2,1-5H3,(H2,16,17,18). The van der Waals surface area contributed by atoms with Crippen LogP contribution >= 0.6 is 0 Å². The van der Waals surface area contributed by atoms with Crippen molar-refractivity contribution in [2.24, 2.45) is 10.9 Å². The number of aliphatic imine (C=N–C) groups is 1. The number of rotatable bonds is 8. The van der Waals surface area contributed by atoms with E-state index in [1.54, 1.807) is 13.3 Å². The van der Waals surface area contributed by atoms with Gasteiger partial charge in [0.25, 0.3) is 0 Å². The minimum Gasteiger partial charge on any atom is -0.377 e. The quantitative estimate of drug-likeness (QED) is 0.563. The number of ether oxygens (including phenoxy) is 1. The third-order valence-electron chi connectivity index (χ3n) is 3.19. The smallest absolute Gasteiger partial charge is 0.191 e. The van der Waals surface area contributed by atoms with Crippen LogP contribution in [0.1, 0.15) is 27.7 Å². The van der Waals surface area contributed by atoms with Crippen LogP contribution in [-0.4, -0.2) is 48.1 Å². The van der Waals surface area contributed by atoms with Crippen molar-refractivity contribution < 1.29 is 4.74 Å². The van der Waals surface area contributed by atoms with Crippen molar-refractivity contribution in [3.8, 4) is 0 Å². The maximum Gasteiger partial charge on any atom is 0.191 e. The normalized spacial score (nSPS) is 14.0. The van der Waals surface area contributed by atoms with E-state index < -0.39 is 0 Å². The highest BCUT2D eigenvalue weighted by atomic mass is 16.5. The second-order valence-electron chi connectivity index (χ2n) is 5.87. The summed E-state index contributed by atoms with van der Waals surface area (Å²) in [7, 11) is 1.71. The molecule has 1 aromatic heterocycles. The highest BCUT2D eigenvalue weighted by molar-refractivity contribution is 5.79. The Bertz CT molecular complexity index is 414. The summed E-state index contributed by atoms with van der Waals surface area (Å²) in [5.74, 6) is 1.29. The first kappa shape index (κ1) is 17.5. The molecule has 1 aromatic rings. The molecule has 0 amide bonds. The zero-order valence-corrected chi connectivity index (χ0v) is 13.9. The third kappa shape index (κ3) is 7.13. The molecule has 1 unspecified atom stereocenters. The van der Waals surface area contributed by atoms with Crippen LogP contribution in [0.3, 0.4) is 0 Å². The third-order valence-corrected chi connectivity index (χ3v) is 3.19. The zero-order valence-electron chi connectivity index (χ0n) is 13.9. The maximum atomic E-state index is 5.39. The lowest BCUT2D eigenvalue weighted by Gasteiger charge is -2.22. The molecule has 1 heterocycles. The monoisotopic (exact) mass is 295 g/mol. The summed E-state index contributed by atoms with van der Waals surface area (Å²) in [5, 5.41) is 10.9. The van der Waals surface area contributed by atoms with Gasteiger partial charge in [0, 0.05) is 39.1 Å². The van der Waals surface area contributed by atoms with Crippen molar-refractivity contribution in [1.82, 2.24) is 20.4 Å². The summed E-state index contributed by atoms with van der Waals surface area (Å²) in [5.41, 5.74) is -0.247. The minimum atomic E-state index is -0.247. The van der Waals surface area contributed by atoms with Crippen molar-refractivity contribution in [3.63, 3.8) is 0 Å². The van der Waals surface area contributed by atoms with Gasteiger partial charge in [0.2, 0.25) is 0 Å². The van der Waals surface area contributed by atoms with Crippen LogP contribution in [0.25, 0.3) is 0 Å². The molecular formula is C15H29N5O. The molecule has 21 heavy (non-hydrogen) atoms. The Morgan fingerprint density at radius 2 is 2.19 bits per heavy atom. The second kappa shape index (κ2) is 8.67. The molecule has 1 rings (SSSR count). The molecule has 0 fully saturated rings. The van der Waals surface area contributed by atoms with Crippen LogP contribution in [0.2, 0.25) is 0 Å². The van der Waals surface area contributed by atoms with E-state index in [9.17, 15) is 0 Å². The average Bonchev–Trinajstić information content (AvgIpc) is 2.95. The van der Waals surface area contributed by atoms with E-state index >= 15 is 0 Å². The summed E-state index contributed by atoms with van der Waals surface area (Å²) >= 11 is 0. The van der Waals surface area contributed by atoms with Gasteiger partial charge < -0.3 is 15.4 Å². The largest absolute Gasteiger partial charge is 0.377 e. The fraction of sp³-hybridized carbons (Fsp3) is 0.733.